The lowest BCUT2D eigenvalue weighted by atomic mass is 9.75. The van der Waals surface area contributed by atoms with Crippen molar-refractivity contribution in [1.29, 1.82) is 0 Å². The molecule has 1 saturated carbocycles. The van der Waals surface area contributed by atoms with Crippen LogP contribution in [-0.4, -0.2) is 58.3 Å². The van der Waals surface area contributed by atoms with Crippen molar-refractivity contribution in [2.75, 3.05) is 46.2 Å². The summed E-state index contributed by atoms with van der Waals surface area (Å²) in [6, 6.07) is 0.275. The Morgan fingerprint density at radius 2 is 2.00 bits per heavy atom. The molecule has 0 bridgehead atoms. The van der Waals surface area contributed by atoms with Gasteiger partial charge in [0.2, 0.25) is 0 Å². The number of ether oxygens (including phenoxy) is 3. The average molecular weight is 340 g/mol. The van der Waals surface area contributed by atoms with Gasteiger partial charge < -0.3 is 24.8 Å². The molecule has 6 heteroatoms. The molecule has 6 nitrogen and oxygen atoms in total. The second kappa shape index (κ2) is 9.02. The molecule has 138 valence electrons. The van der Waals surface area contributed by atoms with Gasteiger partial charge in [0.15, 0.2) is 0 Å². The van der Waals surface area contributed by atoms with Gasteiger partial charge in [-0.05, 0) is 43.9 Å². The van der Waals surface area contributed by atoms with Crippen LogP contribution < -0.4 is 10.6 Å². The van der Waals surface area contributed by atoms with E-state index in [0.717, 1.165) is 65.1 Å². The average Bonchev–Trinajstić information content (AvgIpc) is 3.23. The van der Waals surface area contributed by atoms with Crippen LogP contribution in [0.5, 0.6) is 0 Å². The van der Waals surface area contributed by atoms with Crippen LogP contribution in [0.2, 0.25) is 0 Å². The van der Waals surface area contributed by atoms with Crippen LogP contribution in [-0.2, 0) is 14.2 Å². The lowest BCUT2D eigenvalue weighted by Gasteiger charge is -2.39. The van der Waals surface area contributed by atoms with E-state index in [2.05, 4.69) is 10.6 Å². The Labute approximate surface area is 145 Å². The van der Waals surface area contributed by atoms with Crippen molar-refractivity contribution < 1.29 is 19.0 Å². The van der Waals surface area contributed by atoms with E-state index in [0.29, 0.717) is 25.1 Å². The second-order valence-corrected chi connectivity index (χ2v) is 7.48. The summed E-state index contributed by atoms with van der Waals surface area (Å²) in [5.41, 5.74) is 0.280. The van der Waals surface area contributed by atoms with Crippen LogP contribution in [0, 0.1) is 11.3 Å². The molecular weight excluding hydrogens is 308 g/mol. The Hall–Kier alpha value is -0.850. The Morgan fingerprint density at radius 1 is 1.12 bits per heavy atom. The fraction of sp³-hybridized carbons (Fsp3) is 0.944. The van der Waals surface area contributed by atoms with Crippen molar-refractivity contribution in [1.82, 2.24) is 10.6 Å². The highest BCUT2D eigenvalue weighted by molar-refractivity contribution is 5.74. The van der Waals surface area contributed by atoms with E-state index in [4.69, 9.17) is 14.2 Å². The predicted molar refractivity (Wildman–Crippen MR) is 91.0 cm³/mol. The van der Waals surface area contributed by atoms with E-state index in [9.17, 15) is 4.79 Å². The van der Waals surface area contributed by atoms with Gasteiger partial charge in [0, 0.05) is 44.9 Å². The van der Waals surface area contributed by atoms with Crippen molar-refractivity contribution >= 4 is 6.03 Å². The van der Waals surface area contributed by atoms with Gasteiger partial charge in [-0.25, -0.2) is 4.79 Å². The highest BCUT2D eigenvalue weighted by Gasteiger charge is 2.44. The Balaban J connectivity index is 1.27. The first-order valence-corrected chi connectivity index (χ1v) is 9.56. The van der Waals surface area contributed by atoms with E-state index in [-0.39, 0.29) is 11.4 Å². The van der Waals surface area contributed by atoms with Crippen LogP contribution in [0.1, 0.15) is 44.9 Å². The summed E-state index contributed by atoms with van der Waals surface area (Å²) in [5, 5.41) is 6.19. The molecule has 0 aromatic heterocycles. The number of carbonyl (C=O) groups excluding carboxylic acids is 1. The fourth-order valence-corrected chi connectivity index (χ4v) is 4.29. The van der Waals surface area contributed by atoms with Crippen LogP contribution in [0.3, 0.4) is 0 Å². The SMILES string of the molecule is O=C(NCCCOC[C@@H]1CCOC1)N[C@@H]1CCCC12CCOCC2. The highest BCUT2D eigenvalue weighted by atomic mass is 16.5. The lowest BCUT2D eigenvalue weighted by molar-refractivity contribution is 0.00623. The Kier molecular flexibility index (Phi) is 6.75. The van der Waals surface area contributed by atoms with Gasteiger partial charge in [-0.15, -0.1) is 0 Å². The van der Waals surface area contributed by atoms with Gasteiger partial charge in [0.25, 0.3) is 0 Å². The molecule has 2 heterocycles. The van der Waals surface area contributed by atoms with Gasteiger partial charge in [0.1, 0.15) is 0 Å². The van der Waals surface area contributed by atoms with Crippen molar-refractivity contribution in [2.45, 2.75) is 51.0 Å². The molecule has 1 aliphatic carbocycles. The molecule has 3 aliphatic rings. The van der Waals surface area contributed by atoms with Crippen LogP contribution in [0.25, 0.3) is 0 Å². The summed E-state index contributed by atoms with van der Waals surface area (Å²) < 4.78 is 16.5. The highest BCUT2D eigenvalue weighted by Crippen LogP contribution is 2.45. The largest absolute Gasteiger partial charge is 0.381 e. The molecule has 2 N–H and O–H groups in total. The van der Waals surface area contributed by atoms with Crippen LogP contribution in [0.15, 0.2) is 0 Å². The van der Waals surface area contributed by atoms with Crippen molar-refractivity contribution in [3.05, 3.63) is 0 Å². The quantitative estimate of drug-likeness (QED) is 0.696. The van der Waals surface area contributed by atoms with Crippen molar-refractivity contribution in [2.24, 2.45) is 11.3 Å². The maximum absolute atomic E-state index is 12.2. The lowest BCUT2D eigenvalue weighted by Crippen LogP contribution is -2.50. The maximum atomic E-state index is 12.2. The van der Waals surface area contributed by atoms with Gasteiger partial charge >= 0.3 is 6.03 Å². The van der Waals surface area contributed by atoms with Crippen molar-refractivity contribution in [3.63, 3.8) is 0 Å². The molecule has 1 spiro atoms. The maximum Gasteiger partial charge on any atom is 0.315 e. The molecule has 2 saturated heterocycles. The first-order valence-electron chi connectivity index (χ1n) is 9.56. The van der Waals surface area contributed by atoms with E-state index >= 15 is 0 Å². The van der Waals surface area contributed by atoms with Crippen molar-refractivity contribution in [3.8, 4) is 0 Å². The summed E-state index contributed by atoms with van der Waals surface area (Å²) >= 11 is 0. The first-order chi connectivity index (χ1) is 11.8. The number of urea groups is 1. The molecule has 3 fully saturated rings. The van der Waals surface area contributed by atoms with E-state index in [1.807, 2.05) is 0 Å². The van der Waals surface area contributed by atoms with E-state index < -0.39 is 0 Å². The summed E-state index contributed by atoms with van der Waals surface area (Å²) in [6.45, 7) is 5.50. The fourth-order valence-electron chi connectivity index (χ4n) is 4.29. The second-order valence-electron chi connectivity index (χ2n) is 7.48. The van der Waals surface area contributed by atoms with Crippen LogP contribution in [0.4, 0.5) is 4.79 Å². The zero-order valence-corrected chi connectivity index (χ0v) is 14.7. The molecule has 2 amide bonds. The number of hydrogen-bond donors (Lipinski definition) is 2. The standard InChI is InChI=1S/C18H32N2O4/c21-17(19-8-2-9-23-13-15-4-10-24-14-15)20-16-3-1-5-18(16)6-11-22-12-7-18/h15-16H,1-14H2,(H2,19,20,21)/t15-,16+/m0/s1. The molecule has 0 unspecified atom stereocenters. The smallest absolute Gasteiger partial charge is 0.315 e. The predicted octanol–water partition coefficient (Wildman–Crippen LogP) is 2.08. The number of nitrogens with one attached hydrogen (secondary N) is 2. The van der Waals surface area contributed by atoms with Gasteiger partial charge in [0.05, 0.1) is 13.2 Å². The molecule has 0 aromatic carbocycles. The summed E-state index contributed by atoms with van der Waals surface area (Å²) in [5.74, 6) is 0.555. The zero-order valence-electron chi connectivity index (χ0n) is 14.7. The summed E-state index contributed by atoms with van der Waals surface area (Å²) in [4.78, 5) is 12.2. The molecular formula is C18H32N2O4. The molecule has 0 radical (unpaired) electrons. The third-order valence-electron chi connectivity index (χ3n) is 5.83. The van der Waals surface area contributed by atoms with E-state index in [1.54, 1.807) is 0 Å². The van der Waals surface area contributed by atoms with Gasteiger partial charge in [-0.2, -0.15) is 0 Å². The third-order valence-corrected chi connectivity index (χ3v) is 5.83. The number of carbonyl (C=O) groups is 1. The number of rotatable bonds is 7. The minimum atomic E-state index is -0.0306. The van der Waals surface area contributed by atoms with Gasteiger partial charge in [-0.3, -0.25) is 0 Å². The molecule has 24 heavy (non-hydrogen) atoms. The number of amides is 2. The number of hydrogen-bond acceptors (Lipinski definition) is 4. The van der Waals surface area contributed by atoms with E-state index in [1.165, 1.54) is 12.8 Å². The Morgan fingerprint density at radius 3 is 2.79 bits per heavy atom. The molecule has 2 atom stereocenters. The summed E-state index contributed by atoms with van der Waals surface area (Å²) in [6.07, 6.45) is 7.65. The molecule has 0 aromatic rings. The zero-order chi connectivity index (χ0) is 16.7. The van der Waals surface area contributed by atoms with Gasteiger partial charge in [-0.1, -0.05) is 6.42 Å². The normalized spacial score (nSPS) is 29.0. The monoisotopic (exact) mass is 340 g/mol. The Bertz CT molecular complexity index is 392. The third kappa shape index (κ3) is 4.83. The van der Waals surface area contributed by atoms with Crippen LogP contribution >= 0.6 is 0 Å². The topological polar surface area (TPSA) is 68.8 Å². The molecule has 2 aliphatic heterocycles. The minimum Gasteiger partial charge on any atom is -0.381 e. The molecule has 3 rings (SSSR count). The summed E-state index contributed by atoms with van der Waals surface area (Å²) in [7, 11) is 0. The first kappa shape index (κ1) is 18.0. The minimum absolute atomic E-state index is 0.0306.